The fourth-order valence-corrected chi connectivity index (χ4v) is 2.75. The van der Waals surface area contributed by atoms with E-state index >= 15 is 0 Å². The molecule has 2 rings (SSSR count). The Hall–Kier alpha value is -1.49. The Bertz CT molecular complexity index is 728. The van der Waals surface area contributed by atoms with E-state index in [1.807, 2.05) is 0 Å². The van der Waals surface area contributed by atoms with Gasteiger partial charge in [0.25, 0.3) is 10.0 Å². The summed E-state index contributed by atoms with van der Waals surface area (Å²) in [7, 11) is -3.59. The molecule has 0 heterocycles. The summed E-state index contributed by atoms with van der Waals surface area (Å²) in [6, 6.07) is 13.6. The number of hydrogen-bond acceptors (Lipinski definition) is 2. The number of sulfonamides is 1. The fraction of sp³-hybridized carbons (Fsp3) is 0. The average Bonchev–Trinajstić information content (AvgIpc) is 2.41. The topological polar surface area (TPSA) is 46.2 Å². The third-order valence-corrected chi connectivity index (χ3v) is 4.29. The van der Waals surface area contributed by atoms with Crippen LogP contribution in [0.5, 0.6) is 0 Å². The SMILES string of the molecule is O=S(=O)(/C=C/c1cccc(Cl)c1Cl)Nc1ccccc1. The summed E-state index contributed by atoms with van der Waals surface area (Å²) >= 11 is 11.8. The minimum atomic E-state index is -3.59. The second kappa shape index (κ2) is 6.31. The Labute approximate surface area is 127 Å². The fourth-order valence-electron chi connectivity index (χ4n) is 1.52. The molecule has 3 nitrogen and oxygen atoms in total. The number of benzene rings is 2. The zero-order valence-electron chi connectivity index (χ0n) is 10.3. The largest absolute Gasteiger partial charge is 0.280 e. The molecule has 104 valence electrons. The number of hydrogen-bond donors (Lipinski definition) is 1. The van der Waals surface area contributed by atoms with Crippen molar-refractivity contribution in [2.45, 2.75) is 0 Å². The summed E-state index contributed by atoms with van der Waals surface area (Å²) in [5, 5.41) is 1.75. The lowest BCUT2D eigenvalue weighted by atomic mass is 10.2. The van der Waals surface area contributed by atoms with E-state index in [0.717, 1.165) is 5.41 Å². The molecule has 1 N–H and O–H groups in total. The molecule has 0 aliphatic carbocycles. The van der Waals surface area contributed by atoms with E-state index in [1.165, 1.54) is 6.08 Å². The Balaban J connectivity index is 2.20. The second-order valence-corrected chi connectivity index (χ2v) is 6.31. The van der Waals surface area contributed by atoms with Gasteiger partial charge in [-0.2, -0.15) is 0 Å². The summed E-state index contributed by atoms with van der Waals surface area (Å²) in [6.45, 7) is 0. The standard InChI is InChI=1S/C14H11Cl2NO2S/c15-13-8-4-5-11(14(13)16)9-10-20(18,19)17-12-6-2-1-3-7-12/h1-10,17H/b10-9+. The molecule has 0 radical (unpaired) electrons. The van der Waals surface area contributed by atoms with E-state index in [4.69, 9.17) is 23.2 Å². The highest BCUT2D eigenvalue weighted by molar-refractivity contribution is 7.95. The van der Waals surface area contributed by atoms with E-state index < -0.39 is 10.0 Å². The first-order valence-electron chi connectivity index (χ1n) is 5.68. The molecule has 20 heavy (non-hydrogen) atoms. The normalized spacial score (nSPS) is 11.7. The van der Waals surface area contributed by atoms with Crippen molar-refractivity contribution in [2.24, 2.45) is 0 Å². The van der Waals surface area contributed by atoms with Gasteiger partial charge in [0.05, 0.1) is 15.5 Å². The molecule has 0 aliphatic heterocycles. The quantitative estimate of drug-likeness (QED) is 0.904. The van der Waals surface area contributed by atoms with Crippen LogP contribution in [0, 0.1) is 0 Å². The van der Waals surface area contributed by atoms with Crippen molar-refractivity contribution >= 4 is 45.0 Å². The van der Waals surface area contributed by atoms with Crippen LogP contribution < -0.4 is 4.72 Å². The summed E-state index contributed by atoms with van der Waals surface area (Å²) in [5.41, 5.74) is 1.03. The molecule has 0 aliphatic rings. The maximum atomic E-state index is 11.9. The molecule has 0 saturated heterocycles. The number of para-hydroxylation sites is 1. The van der Waals surface area contributed by atoms with Gasteiger partial charge < -0.3 is 0 Å². The molecule has 6 heteroatoms. The Kier molecular flexibility index (Phi) is 4.70. The van der Waals surface area contributed by atoms with Crippen LogP contribution in [0.25, 0.3) is 6.08 Å². The van der Waals surface area contributed by atoms with Crippen molar-refractivity contribution in [3.05, 3.63) is 69.5 Å². The van der Waals surface area contributed by atoms with Crippen molar-refractivity contribution < 1.29 is 8.42 Å². The third-order valence-electron chi connectivity index (χ3n) is 2.44. The maximum Gasteiger partial charge on any atom is 0.255 e. The molecule has 2 aromatic rings. The van der Waals surface area contributed by atoms with Crippen molar-refractivity contribution in [1.29, 1.82) is 0 Å². The van der Waals surface area contributed by atoms with E-state index in [-0.39, 0.29) is 0 Å². The monoisotopic (exact) mass is 327 g/mol. The van der Waals surface area contributed by atoms with Gasteiger partial charge in [-0.25, -0.2) is 8.42 Å². The lowest BCUT2D eigenvalue weighted by Gasteiger charge is -2.04. The second-order valence-electron chi connectivity index (χ2n) is 3.96. The first kappa shape index (κ1) is 14.9. The first-order valence-corrected chi connectivity index (χ1v) is 7.98. The Morgan fingerprint density at radius 3 is 2.35 bits per heavy atom. The number of nitrogens with one attached hydrogen (secondary N) is 1. The number of anilines is 1. The van der Waals surface area contributed by atoms with Gasteiger partial charge in [-0.15, -0.1) is 0 Å². The van der Waals surface area contributed by atoms with Gasteiger partial charge in [-0.3, -0.25) is 4.72 Å². The molecule has 0 spiro atoms. The highest BCUT2D eigenvalue weighted by Crippen LogP contribution is 2.26. The minimum Gasteiger partial charge on any atom is -0.280 e. The summed E-state index contributed by atoms with van der Waals surface area (Å²) in [6.07, 6.45) is 1.40. The zero-order valence-corrected chi connectivity index (χ0v) is 12.6. The van der Waals surface area contributed by atoms with Crippen LogP contribution in [-0.2, 0) is 10.0 Å². The third kappa shape index (κ3) is 4.00. The predicted molar refractivity (Wildman–Crippen MR) is 84.5 cm³/mol. The van der Waals surface area contributed by atoms with Crippen LogP contribution in [-0.4, -0.2) is 8.42 Å². The molecular formula is C14H11Cl2NO2S. The number of rotatable bonds is 4. The van der Waals surface area contributed by atoms with Gasteiger partial charge in [0.2, 0.25) is 0 Å². The zero-order chi connectivity index (χ0) is 14.6. The molecule has 2 aromatic carbocycles. The van der Waals surface area contributed by atoms with E-state index in [1.54, 1.807) is 48.5 Å². The van der Waals surface area contributed by atoms with Gasteiger partial charge in [0.1, 0.15) is 0 Å². The average molecular weight is 328 g/mol. The molecule has 0 aromatic heterocycles. The van der Waals surface area contributed by atoms with Gasteiger partial charge >= 0.3 is 0 Å². The van der Waals surface area contributed by atoms with Crippen molar-refractivity contribution in [1.82, 2.24) is 0 Å². The molecule has 0 atom stereocenters. The van der Waals surface area contributed by atoms with Gasteiger partial charge in [-0.05, 0) is 29.8 Å². The van der Waals surface area contributed by atoms with Crippen LogP contribution in [0.1, 0.15) is 5.56 Å². The maximum absolute atomic E-state index is 11.9. The van der Waals surface area contributed by atoms with Crippen molar-refractivity contribution in [2.75, 3.05) is 4.72 Å². The highest BCUT2D eigenvalue weighted by atomic mass is 35.5. The van der Waals surface area contributed by atoms with E-state index in [9.17, 15) is 8.42 Å². The lowest BCUT2D eigenvalue weighted by molar-refractivity contribution is 0.609. The van der Waals surface area contributed by atoms with Crippen LogP contribution in [0.2, 0.25) is 10.0 Å². The molecule has 0 amide bonds. The van der Waals surface area contributed by atoms with Gasteiger partial charge in [0.15, 0.2) is 0 Å². The smallest absolute Gasteiger partial charge is 0.255 e. The summed E-state index contributed by atoms with van der Waals surface area (Å²) in [5.74, 6) is 0. The van der Waals surface area contributed by atoms with Crippen LogP contribution >= 0.6 is 23.2 Å². The summed E-state index contributed by atoms with van der Waals surface area (Å²) < 4.78 is 26.2. The van der Waals surface area contributed by atoms with E-state index in [0.29, 0.717) is 21.3 Å². The van der Waals surface area contributed by atoms with Crippen LogP contribution in [0.4, 0.5) is 5.69 Å². The Morgan fingerprint density at radius 2 is 1.65 bits per heavy atom. The lowest BCUT2D eigenvalue weighted by Crippen LogP contribution is -2.08. The molecule has 0 fully saturated rings. The molecule has 0 unspecified atom stereocenters. The van der Waals surface area contributed by atoms with Crippen LogP contribution in [0.3, 0.4) is 0 Å². The summed E-state index contributed by atoms with van der Waals surface area (Å²) in [4.78, 5) is 0. The molecule has 0 bridgehead atoms. The molecular weight excluding hydrogens is 317 g/mol. The predicted octanol–water partition coefficient (Wildman–Crippen LogP) is 4.41. The highest BCUT2D eigenvalue weighted by Gasteiger charge is 2.06. The van der Waals surface area contributed by atoms with Crippen molar-refractivity contribution in [3.63, 3.8) is 0 Å². The van der Waals surface area contributed by atoms with Crippen LogP contribution in [0.15, 0.2) is 53.9 Å². The number of halogens is 2. The first-order chi connectivity index (χ1) is 9.48. The Morgan fingerprint density at radius 1 is 0.950 bits per heavy atom. The molecule has 0 saturated carbocycles. The van der Waals surface area contributed by atoms with E-state index in [2.05, 4.69) is 4.72 Å². The van der Waals surface area contributed by atoms with Crippen molar-refractivity contribution in [3.8, 4) is 0 Å². The minimum absolute atomic E-state index is 0.320. The van der Waals surface area contributed by atoms with Gasteiger partial charge in [-0.1, -0.05) is 53.5 Å². The van der Waals surface area contributed by atoms with Gasteiger partial charge in [0, 0.05) is 5.69 Å².